The summed E-state index contributed by atoms with van der Waals surface area (Å²) in [6, 6.07) is 0. The molecule has 2 saturated heterocycles. The summed E-state index contributed by atoms with van der Waals surface area (Å²) in [6.45, 7) is 4.94. The van der Waals surface area contributed by atoms with Crippen LogP contribution in [0.1, 0.15) is 33.1 Å². The van der Waals surface area contributed by atoms with Crippen molar-refractivity contribution in [2.75, 3.05) is 13.1 Å². The van der Waals surface area contributed by atoms with Crippen molar-refractivity contribution in [3.63, 3.8) is 0 Å². The largest absolute Gasteiger partial charge is 0.481 e. The lowest BCUT2D eigenvalue weighted by Crippen LogP contribution is -2.35. The van der Waals surface area contributed by atoms with Crippen LogP contribution in [0.15, 0.2) is 0 Å². The van der Waals surface area contributed by atoms with Crippen molar-refractivity contribution >= 4 is 11.9 Å². The number of likely N-dealkylation sites (tertiary alicyclic amines) is 1. The van der Waals surface area contributed by atoms with E-state index in [2.05, 4.69) is 0 Å². The Hall–Kier alpha value is -1.10. The van der Waals surface area contributed by atoms with Crippen LogP contribution in [-0.4, -0.2) is 46.7 Å². The Kier molecular flexibility index (Phi) is 3.12. The van der Waals surface area contributed by atoms with E-state index in [1.165, 1.54) is 0 Å². The first-order chi connectivity index (χ1) is 7.87. The Balaban J connectivity index is 1.88. The summed E-state index contributed by atoms with van der Waals surface area (Å²) in [7, 11) is 0. The first-order valence-electron chi connectivity index (χ1n) is 6.06. The molecule has 2 aliphatic rings. The fraction of sp³-hybridized carbons (Fsp3) is 0.833. The average molecular weight is 241 g/mol. The van der Waals surface area contributed by atoms with Crippen LogP contribution in [0.25, 0.3) is 0 Å². The van der Waals surface area contributed by atoms with Crippen molar-refractivity contribution in [1.82, 2.24) is 4.90 Å². The number of nitrogens with zero attached hydrogens (tertiary/aromatic N) is 1. The van der Waals surface area contributed by atoms with Crippen molar-refractivity contribution in [1.29, 1.82) is 0 Å². The number of hydrogen-bond acceptors (Lipinski definition) is 3. The van der Waals surface area contributed by atoms with Crippen molar-refractivity contribution in [3.05, 3.63) is 0 Å². The van der Waals surface area contributed by atoms with Crippen LogP contribution in [0.2, 0.25) is 0 Å². The molecule has 0 aromatic rings. The molecule has 17 heavy (non-hydrogen) atoms. The van der Waals surface area contributed by atoms with Crippen molar-refractivity contribution in [2.45, 2.75) is 44.8 Å². The van der Waals surface area contributed by atoms with Crippen LogP contribution >= 0.6 is 0 Å². The Morgan fingerprint density at radius 2 is 2.29 bits per heavy atom. The van der Waals surface area contributed by atoms with E-state index in [0.717, 1.165) is 12.8 Å². The summed E-state index contributed by atoms with van der Waals surface area (Å²) < 4.78 is 5.81. The van der Waals surface area contributed by atoms with Gasteiger partial charge in [-0.2, -0.15) is 0 Å². The minimum atomic E-state index is -0.881. The molecule has 1 N–H and O–H groups in total. The topological polar surface area (TPSA) is 66.8 Å². The monoisotopic (exact) mass is 241 g/mol. The lowest BCUT2D eigenvalue weighted by molar-refractivity contribution is -0.141. The van der Waals surface area contributed by atoms with Gasteiger partial charge in [-0.05, 0) is 26.7 Å². The van der Waals surface area contributed by atoms with E-state index >= 15 is 0 Å². The second-order valence-electron chi connectivity index (χ2n) is 5.58. The molecule has 2 fully saturated rings. The van der Waals surface area contributed by atoms with Gasteiger partial charge in [-0.3, -0.25) is 9.59 Å². The highest BCUT2D eigenvalue weighted by atomic mass is 16.5. The highest BCUT2D eigenvalue weighted by Crippen LogP contribution is 2.30. The summed E-state index contributed by atoms with van der Waals surface area (Å²) in [4.78, 5) is 24.1. The number of amides is 1. The van der Waals surface area contributed by atoms with E-state index in [9.17, 15) is 9.59 Å². The zero-order valence-corrected chi connectivity index (χ0v) is 10.3. The van der Waals surface area contributed by atoms with Crippen LogP contribution in [0.5, 0.6) is 0 Å². The molecule has 2 atom stereocenters. The molecule has 0 aromatic carbocycles. The lowest BCUT2D eigenvalue weighted by atomic mass is 10.1. The number of carbonyl (C=O) groups is 2. The second-order valence-corrected chi connectivity index (χ2v) is 5.58. The molecular weight excluding hydrogens is 222 g/mol. The van der Waals surface area contributed by atoms with Gasteiger partial charge in [-0.1, -0.05) is 0 Å². The molecule has 1 amide bonds. The zero-order valence-electron chi connectivity index (χ0n) is 10.3. The van der Waals surface area contributed by atoms with Crippen molar-refractivity contribution in [3.8, 4) is 0 Å². The molecule has 2 rings (SSSR count). The van der Waals surface area contributed by atoms with Gasteiger partial charge in [0.2, 0.25) is 5.91 Å². The summed E-state index contributed by atoms with van der Waals surface area (Å²) in [6.07, 6.45) is 2.11. The summed E-state index contributed by atoms with van der Waals surface area (Å²) in [5.74, 6) is -1.49. The molecule has 0 aliphatic carbocycles. The molecule has 0 bridgehead atoms. The van der Waals surface area contributed by atoms with Crippen LogP contribution in [0, 0.1) is 5.92 Å². The number of carbonyl (C=O) groups excluding carboxylic acids is 1. The van der Waals surface area contributed by atoms with Gasteiger partial charge in [-0.15, -0.1) is 0 Å². The summed E-state index contributed by atoms with van der Waals surface area (Å²) >= 11 is 0. The summed E-state index contributed by atoms with van der Waals surface area (Å²) in [5.41, 5.74) is -0.111. The Labute approximate surface area is 101 Å². The lowest BCUT2D eigenvalue weighted by Gasteiger charge is -2.23. The van der Waals surface area contributed by atoms with Crippen molar-refractivity contribution < 1.29 is 19.4 Å². The van der Waals surface area contributed by atoms with Crippen LogP contribution in [0.4, 0.5) is 0 Å². The molecule has 0 spiro atoms. The number of hydrogen-bond donors (Lipinski definition) is 1. The number of ether oxygens (including phenoxy) is 1. The van der Waals surface area contributed by atoms with E-state index in [4.69, 9.17) is 9.84 Å². The van der Waals surface area contributed by atoms with E-state index < -0.39 is 11.9 Å². The maximum Gasteiger partial charge on any atom is 0.308 e. The van der Waals surface area contributed by atoms with E-state index in [0.29, 0.717) is 13.1 Å². The molecule has 0 radical (unpaired) electrons. The van der Waals surface area contributed by atoms with Crippen molar-refractivity contribution in [2.24, 2.45) is 5.92 Å². The molecule has 2 unspecified atom stereocenters. The smallest absolute Gasteiger partial charge is 0.308 e. The van der Waals surface area contributed by atoms with E-state index in [-0.39, 0.29) is 24.0 Å². The van der Waals surface area contributed by atoms with Gasteiger partial charge < -0.3 is 14.7 Å². The van der Waals surface area contributed by atoms with Gasteiger partial charge in [0.15, 0.2) is 0 Å². The quantitative estimate of drug-likeness (QED) is 0.796. The van der Waals surface area contributed by atoms with Gasteiger partial charge in [0.1, 0.15) is 0 Å². The number of aliphatic carboxylic acids is 1. The SMILES string of the molecule is CC1(C)CCC(CN2CC(C(=O)O)CC2=O)O1. The average Bonchev–Trinajstić information content (AvgIpc) is 2.72. The Morgan fingerprint density at radius 3 is 2.76 bits per heavy atom. The normalized spacial score (nSPS) is 32.1. The number of carboxylic acid groups (broad SMARTS) is 1. The molecule has 5 heteroatoms. The van der Waals surface area contributed by atoms with Crippen LogP contribution in [-0.2, 0) is 14.3 Å². The Bertz CT molecular complexity index is 339. The highest BCUT2D eigenvalue weighted by molar-refractivity contribution is 5.86. The fourth-order valence-corrected chi connectivity index (χ4v) is 2.57. The molecule has 2 heterocycles. The van der Waals surface area contributed by atoms with Gasteiger partial charge in [0, 0.05) is 19.5 Å². The second kappa shape index (κ2) is 4.29. The third kappa shape index (κ3) is 2.77. The predicted octanol–water partition coefficient (Wildman–Crippen LogP) is 0.877. The van der Waals surface area contributed by atoms with Gasteiger partial charge in [0.05, 0.1) is 17.6 Å². The summed E-state index contributed by atoms with van der Waals surface area (Å²) in [5, 5.41) is 8.88. The minimum Gasteiger partial charge on any atom is -0.481 e. The maximum atomic E-state index is 11.6. The molecule has 2 aliphatic heterocycles. The molecular formula is C12H19NO4. The third-order valence-corrected chi connectivity index (χ3v) is 3.54. The Morgan fingerprint density at radius 1 is 1.59 bits per heavy atom. The first kappa shape index (κ1) is 12.4. The zero-order chi connectivity index (χ0) is 12.6. The molecule has 0 saturated carbocycles. The predicted molar refractivity (Wildman–Crippen MR) is 60.5 cm³/mol. The van der Waals surface area contributed by atoms with Gasteiger partial charge in [-0.25, -0.2) is 0 Å². The number of carboxylic acids is 1. The van der Waals surface area contributed by atoms with Gasteiger partial charge in [0.25, 0.3) is 0 Å². The molecule has 0 aromatic heterocycles. The molecule has 96 valence electrons. The van der Waals surface area contributed by atoms with Crippen LogP contribution in [0.3, 0.4) is 0 Å². The maximum absolute atomic E-state index is 11.6. The minimum absolute atomic E-state index is 0.0569. The van der Waals surface area contributed by atoms with Crippen LogP contribution < -0.4 is 0 Å². The number of rotatable bonds is 3. The first-order valence-corrected chi connectivity index (χ1v) is 6.06. The fourth-order valence-electron chi connectivity index (χ4n) is 2.57. The standard InChI is InChI=1S/C12H19NO4/c1-12(2)4-3-9(17-12)7-13-6-8(11(15)16)5-10(13)14/h8-9H,3-7H2,1-2H3,(H,15,16). The highest BCUT2D eigenvalue weighted by Gasteiger charge is 2.38. The van der Waals surface area contributed by atoms with E-state index in [1.807, 2.05) is 13.8 Å². The van der Waals surface area contributed by atoms with Gasteiger partial charge >= 0.3 is 5.97 Å². The van der Waals surface area contributed by atoms with E-state index in [1.54, 1.807) is 4.90 Å². The third-order valence-electron chi connectivity index (χ3n) is 3.54. The molecule has 5 nitrogen and oxygen atoms in total.